The molecule has 1 aliphatic heterocycles. The molecule has 12 heavy (non-hydrogen) atoms. The van der Waals surface area contributed by atoms with Gasteiger partial charge in [-0.25, -0.2) is 0 Å². The first kappa shape index (κ1) is 8.48. The summed E-state index contributed by atoms with van der Waals surface area (Å²) in [6.07, 6.45) is 3.88. The molecule has 1 saturated heterocycles. The molecule has 2 aliphatic rings. The van der Waals surface area contributed by atoms with Gasteiger partial charge in [0.15, 0.2) is 0 Å². The summed E-state index contributed by atoms with van der Waals surface area (Å²) in [5.74, 6) is 0. The van der Waals surface area contributed by atoms with Gasteiger partial charge in [0.25, 0.3) is 0 Å². The van der Waals surface area contributed by atoms with Crippen LogP contribution in [0.4, 0.5) is 0 Å². The number of nitrogens with two attached hydrogens (primary N) is 1. The van der Waals surface area contributed by atoms with Gasteiger partial charge in [0, 0.05) is 6.04 Å². The van der Waals surface area contributed by atoms with Crippen molar-refractivity contribution in [3.63, 3.8) is 0 Å². The van der Waals surface area contributed by atoms with Gasteiger partial charge in [-0.3, -0.25) is 0 Å². The van der Waals surface area contributed by atoms with Crippen LogP contribution in [-0.2, 0) is 0 Å². The zero-order chi connectivity index (χ0) is 8.60. The van der Waals surface area contributed by atoms with Gasteiger partial charge in [0.2, 0.25) is 0 Å². The summed E-state index contributed by atoms with van der Waals surface area (Å²) >= 11 is 0. The second kappa shape index (κ2) is 2.98. The summed E-state index contributed by atoms with van der Waals surface area (Å²) in [6.45, 7) is 2.14. The minimum absolute atomic E-state index is 0.141. The predicted molar refractivity (Wildman–Crippen MR) is 47.8 cm³/mol. The third-order valence-corrected chi connectivity index (χ3v) is 3.55. The lowest BCUT2D eigenvalue weighted by atomic mass is 9.75. The van der Waals surface area contributed by atoms with Crippen LogP contribution in [0.3, 0.4) is 0 Å². The average molecular weight is 170 g/mol. The minimum Gasteiger partial charge on any atom is -0.393 e. The van der Waals surface area contributed by atoms with E-state index in [2.05, 4.69) is 5.32 Å². The highest BCUT2D eigenvalue weighted by Crippen LogP contribution is 2.43. The number of hydrogen-bond donors (Lipinski definition) is 3. The first-order chi connectivity index (χ1) is 5.73. The lowest BCUT2D eigenvalue weighted by molar-refractivity contribution is 0.135. The van der Waals surface area contributed by atoms with Gasteiger partial charge >= 0.3 is 0 Å². The fourth-order valence-corrected chi connectivity index (χ4v) is 2.75. The number of nitrogens with one attached hydrogen (secondary N) is 1. The molecule has 0 aromatic carbocycles. The van der Waals surface area contributed by atoms with E-state index in [0.29, 0.717) is 0 Å². The van der Waals surface area contributed by atoms with Crippen LogP contribution in [0.5, 0.6) is 0 Å². The van der Waals surface area contributed by atoms with Crippen LogP contribution in [0.2, 0.25) is 0 Å². The highest BCUT2D eigenvalue weighted by molar-refractivity contribution is 5.00. The van der Waals surface area contributed by atoms with Crippen molar-refractivity contribution in [3.8, 4) is 0 Å². The molecule has 1 saturated carbocycles. The van der Waals surface area contributed by atoms with E-state index in [0.717, 1.165) is 38.8 Å². The van der Waals surface area contributed by atoms with Crippen LogP contribution in [0.1, 0.15) is 25.7 Å². The van der Waals surface area contributed by atoms with Gasteiger partial charge in [-0.15, -0.1) is 0 Å². The zero-order valence-electron chi connectivity index (χ0n) is 7.42. The maximum Gasteiger partial charge on any atom is 0.0561 e. The number of aliphatic hydroxyl groups is 1. The zero-order valence-corrected chi connectivity index (χ0v) is 7.42. The van der Waals surface area contributed by atoms with E-state index < -0.39 is 0 Å². The Balaban J connectivity index is 2.08. The summed E-state index contributed by atoms with van der Waals surface area (Å²) in [6, 6.07) is 0.231. The van der Waals surface area contributed by atoms with Gasteiger partial charge in [-0.2, -0.15) is 0 Å². The SMILES string of the molecule is NC1CC(O)CC12CCNCC2. The third-order valence-electron chi connectivity index (χ3n) is 3.55. The van der Waals surface area contributed by atoms with Crippen molar-refractivity contribution >= 4 is 0 Å². The van der Waals surface area contributed by atoms with Crippen LogP contribution in [0.15, 0.2) is 0 Å². The summed E-state index contributed by atoms with van der Waals surface area (Å²) in [4.78, 5) is 0. The number of aliphatic hydroxyl groups excluding tert-OH is 1. The Morgan fingerprint density at radius 1 is 1.33 bits per heavy atom. The van der Waals surface area contributed by atoms with Crippen molar-refractivity contribution < 1.29 is 5.11 Å². The Bertz CT molecular complexity index is 166. The minimum atomic E-state index is -0.141. The van der Waals surface area contributed by atoms with Crippen LogP contribution < -0.4 is 11.1 Å². The molecule has 3 nitrogen and oxygen atoms in total. The molecule has 0 radical (unpaired) electrons. The molecule has 4 N–H and O–H groups in total. The molecule has 0 bridgehead atoms. The molecule has 2 rings (SSSR count). The van der Waals surface area contributed by atoms with Crippen LogP contribution in [0, 0.1) is 5.41 Å². The summed E-state index contributed by atoms with van der Waals surface area (Å²) < 4.78 is 0. The molecule has 1 spiro atoms. The lowest BCUT2D eigenvalue weighted by Crippen LogP contribution is -2.45. The Kier molecular flexibility index (Phi) is 2.10. The maximum atomic E-state index is 9.52. The molecule has 3 heteroatoms. The van der Waals surface area contributed by atoms with Crippen molar-refractivity contribution in [1.29, 1.82) is 0 Å². The average Bonchev–Trinajstić information content (AvgIpc) is 2.29. The molecule has 70 valence electrons. The molecule has 0 aromatic rings. The van der Waals surface area contributed by atoms with Gasteiger partial charge in [-0.1, -0.05) is 0 Å². The highest BCUT2D eigenvalue weighted by Gasteiger charge is 2.45. The van der Waals surface area contributed by atoms with Crippen LogP contribution in [0.25, 0.3) is 0 Å². The normalized spacial score (nSPS) is 40.5. The summed E-state index contributed by atoms with van der Waals surface area (Å²) in [7, 11) is 0. The Morgan fingerprint density at radius 3 is 2.50 bits per heavy atom. The lowest BCUT2D eigenvalue weighted by Gasteiger charge is -2.37. The van der Waals surface area contributed by atoms with Crippen molar-refractivity contribution in [2.24, 2.45) is 11.1 Å². The van der Waals surface area contributed by atoms with Crippen LogP contribution in [-0.4, -0.2) is 30.3 Å². The van der Waals surface area contributed by atoms with Gasteiger partial charge < -0.3 is 16.2 Å². The van der Waals surface area contributed by atoms with E-state index >= 15 is 0 Å². The molecular weight excluding hydrogens is 152 g/mol. The van der Waals surface area contributed by atoms with E-state index in [1.54, 1.807) is 0 Å². The smallest absolute Gasteiger partial charge is 0.0561 e. The molecule has 0 aromatic heterocycles. The molecule has 1 aliphatic carbocycles. The molecule has 2 fully saturated rings. The number of hydrogen-bond acceptors (Lipinski definition) is 3. The summed E-state index contributed by atoms with van der Waals surface area (Å²) in [5.41, 5.74) is 6.32. The topological polar surface area (TPSA) is 58.3 Å². The largest absolute Gasteiger partial charge is 0.393 e. The van der Waals surface area contributed by atoms with Gasteiger partial charge in [0.1, 0.15) is 0 Å². The maximum absolute atomic E-state index is 9.52. The van der Waals surface area contributed by atoms with Gasteiger partial charge in [0.05, 0.1) is 6.10 Å². The first-order valence-corrected chi connectivity index (χ1v) is 4.87. The predicted octanol–water partition coefficient (Wildman–Crippen LogP) is -0.162. The standard InChI is InChI=1S/C9H18N2O/c10-8-5-7(12)6-9(8)1-3-11-4-2-9/h7-8,11-12H,1-6,10H2. The first-order valence-electron chi connectivity index (χ1n) is 4.87. The molecule has 1 heterocycles. The van der Waals surface area contributed by atoms with Crippen molar-refractivity contribution in [2.45, 2.75) is 37.8 Å². The molecule has 2 unspecified atom stereocenters. The second-order valence-corrected chi connectivity index (χ2v) is 4.31. The van der Waals surface area contributed by atoms with Gasteiger partial charge in [-0.05, 0) is 44.2 Å². The van der Waals surface area contributed by atoms with Crippen molar-refractivity contribution in [3.05, 3.63) is 0 Å². The highest BCUT2D eigenvalue weighted by atomic mass is 16.3. The Labute approximate surface area is 73.3 Å². The van der Waals surface area contributed by atoms with E-state index in [-0.39, 0.29) is 17.6 Å². The van der Waals surface area contributed by atoms with E-state index in [9.17, 15) is 5.11 Å². The molecular formula is C9H18N2O. The van der Waals surface area contributed by atoms with Crippen molar-refractivity contribution in [2.75, 3.05) is 13.1 Å². The van der Waals surface area contributed by atoms with E-state index in [1.807, 2.05) is 0 Å². The molecule has 0 amide bonds. The fourth-order valence-electron chi connectivity index (χ4n) is 2.75. The van der Waals surface area contributed by atoms with E-state index in [1.165, 1.54) is 0 Å². The number of rotatable bonds is 0. The van der Waals surface area contributed by atoms with Crippen molar-refractivity contribution in [1.82, 2.24) is 5.32 Å². The second-order valence-electron chi connectivity index (χ2n) is 4.31. The van der Waals surface area contributed by atoms with Crippen LogP contribution >= 0.6 is 0 Å². The Morgan fingerprint density at radius 2 is 2.00 bits per heavy atom. The molecule has 2 atom stereocenters. The third kappa shape index (κ3) is 1.26. The quantitative estimate of drug-likeness (QED) is 0.473. The Hall–Kier alpha value is -0.120. The fraction of sp³-hybridized carbons (Fsp3) is 1.00. The summed E-state index contributed by atoms with van der Waals surface area (Å²) in [5, 5.41) is 12.9. The van der Waals surface area contributed by atoms with E-state index in [4.69, 9.17) is 5.73 Å². The number of piperidine rings is 1. The monoisotopic (exact) mass is 170 g/mol.